The van der Waals surface area contributed by atoms with Crippen molar-refractivity contribution in [1.29, 1.82) is 0 Å². The molecule has 35 heavy (non-hydrogen) atoms. The van der Waals surface area contributed by atoms with Crippen LogP contribution in [0.25, 0.3) is 0 Å². The lowest BCUT2D eigenvalue weighted by atomic mass is 9.63. The molecule has 4 aliphatic carbocycles. The number of carbonyl (C=O) groups excluding carboxylic acids is 3. The fourth-order valence-corrected chi connectivity index (χ4v) is 6.79. The van der Waals surface area contributed by atoms with Crippen LogP contribution in [0.15, 0.2) is 60.7 Å². The maximum absolute atomic E-state index is 13.8. The van der Waals surface area contributed by atoms with E-state index in [9.17, 15) is 14.4 Å². The maximum atomic E-state index is 13.8. The third kappa shape index (κ3) is 3.55. The molecule has 7 rings (SSSR count). The molecule has 2 aromatic carbocycles. The summed E-state index contributed by atoms with van der Waals surface area (Å²) < 4.78 is 5.98. The Kier molecular flexibility index (Phi) is 5.21. The molecular formula is C30H31NO4. The molecule has 1 heterocycles. The van der Waals surface area contributed by atoms with Crippen molar-refractivity contribution >= 4 is 17.8 Å². The zero-order valence-corrected chi connectivity index (χ0v) is 20.4. The van der Waals surface area contributed by atoms with Crippen LogP contribution in [0.5, 0.6) is 5.75 Å². The molecule has 2 amide bonds. The Balaban J connectivity index is 1.35. The summed E-state index contributed by atoms with van der Waals surface area (Å²) in [4.78, 5) is 42.6. The fraction of sp³-hybridized carbons (Fsp3) is 0.433. The van der Waals surface area contributed by atoms with Gasteiger partial charge in [0, 0.05) is 6.42 Å². The molecule has 5 heteroatoms. The largest absolute Gasteiger partial charge is 0.425 e. The number of amides is 2. The number of esters is 1. The van der Waals surface area contributed by atoms with Gasteiger partial charge in [0.25, 0.3) is 0 Å². The number of carbonyl (C=O) groups is 3. The molecule has 7 atom stereocenters. The van der Waals surface area contributed by atoms with Gasteiger partial charge in [0.15, 0.2) is 0 Å². The summed E-state index contributed by atoms with van der Waals surface area (Å²) in [5, 5.41) is 0. The monoisotopic (exact) mass is 469 g/mol. The van der Waals surface area contributed by atoms with Gasteiger partial charge in [-0.05, 0) is 65.7 Å². The Morgan fingerprint density at radius 1 is 0.971 bits per heavy atom. The summed E-state index contributed by atoms with van der Waals surface area (Å²) in [6.07, 6.45) is 5.66. The molecule has 0 unspecified atom stereocenters. The van der Waals surface area contributed by atoms with Crippen LogP contribution in [-0.4, -0.2) is 28.7 Å². The van der Waals surface area contributed by atoms with Gasteiger partial charge >= 0.3 is 5.97 Å². The molecule has 2 bridgehead atoms. The van der Waals surface area contributed by atoms with Crippen molar-refractivity contribution in [3.63, 3.8) is 0 Å². The van der Waals surface area contributed by atoms with Gasteiger partial charge in [0.2, 0.25) is 11.8 Å². The highest BCUT2D eigenvalue weighted by molar-refractivity contribution is 6.09. The van der Waals surface area contributed by atoms with E-state index in [1.807, 2.05) is 55.5 Å². The summed E-state index contributed by atoms with van der Waals surface area (Å²) in [6, 6.07) is 14.4. The number of allylic oxidation sites excluding steroid dienone is 2. The van der Waals surface area contributed by atoms with Gasteiger partial charge in [0.1, 0.15) is 11.8 Å². The van der Waals surface area contributed by atoms with E-state index in [1.165, 1.54) is 4.90 Å². The zero-order valence-electron chi connectivity index (χ0n) is 20.4. The highest BCUT2D eigenvalue weighted by Crippen LogP contribution is 2.65. The predicted molar refractivity (Wildman–Crippen MR) is 131 cm³/mol. The van der Waals surface area contributed by atoms with E-state index in [2.05, 4.69) is 26.0 Å². The first kappa shape index (κ1) is 22.3. The van der Waals surface area contributed by atoms with Crippen LogP contribution in [0, 0.1) is 42.4 Å². The smallest absolute Gasteiger partial charge is 0.335 e. The molecule has 2 saturated carbocycles. The molecule has 180 valence electrons. The van der Waals surface area contributed by atoms with Crippen LogP contribution in [-0.2, 0) is 20.8 Å². The quantitative estimate of drug-likeness (QED) is 0.267. The molecule has 5 aliphatic rings. The van der Waals surface area contributed by atoms with Gasteiger partial charge < -0.3 is 4.74 Å². The molecule has 0 aromatic heterocycles. The van der Waals surface area contributed by atoms with E-state index in [0.29, 0.717) is 17.6 Å². The SMILES string of the molecule is Cc1ccc(C(C)C)c(OC(=O)[C@H](Cc2ccccc2)N2C(=O)[C@@H]3[C@H]4C=C[C@@H]([C@@H]5C[C@H]45)[C@H]3C2=O)c1. The van der Waals surface area contributed by atoms with Gasteiger partial charge in [-0.1, -0.05) is 68.5 Å². The number of nitrogens with zero attached hydrogens (tertiary/aromatic N) is 1. The first-order valence-electron chi connectivity index (χ1n) is 12.8. The Labute approximate surface area is 206 Å². The van der Waals surface area contributed by atoms with Crippen molar-refractivity contribution < 1.29 is 19.1 Å². The molecule has 2 aromatic rings. The number of benzene rings is 2. The molecule has 5 nitrogen and oxygen atoms in total. The number of rotatable bonds is 6. The maximum Gasteiger partial charge on any atom is 0.335 e. The van der Waals surface area contributed by atoms with Crippen LogP contribution in [0.4, 0.5) is 0 Å². The first-order chi connectivity index (χ1) is 16.8. The van der Waals surface area contributed by atoms with Crippen LogP contribution < -0.4 is 4.74 Å². The van der Waals surface area contributed by atoms with Gasteiger partial charge in [-0.25, -0.2) is 4.79 Å². The standard InChI is InChI=1S/C30H31NO4/c1-16(2)19-10-9-17(3)13-25(19)35-30(34)24(14-18-7-5-4-6-8-18)31-28(32)26-20-11-12-21(23-15-22(20)23)27(26)29(31)33/h4-13,16,20-24,26-27H,14-15H2,1-3H3/t20-,21-,22-,23+,24-,26+,27+/m0/s1. The van der Waals surface area contributed by atoms with Crippen LogP contribution >= 0.6 is 0 Å². The fourth-order valence-electron chi connectivity index (χ4n) is 6.79. The van der Waals surface area contributed by atoms with Gasteiger partial charge in [-0.2, -0.15) is 0 Å². The highest BCUT2D eigenvalue weighted by Gasteiger charge is 2.68. The Morgan fingerprint density at radius 3 is 2.20 bits per heavy atom. The highest BCUT2D eigenvalue weighted by atomic mass is 16.5. The predicted octanol–water partition coefficient (Wildman–Crippen LogP) is 4.69. The normalized spacial score (nSPS) is 30.9. The number of imide groups is 1. The van der Waals surface area contributed by atoms with Gasteiger partial charge in [-0.15, -0.1) is 0 Å². The van der Waals surface area contributed by atoms with E-state index >= 15 is 0 Å². The average Bonchev–Trinajstić information content (AvgIpc) is 3.62. The number of hydrogen-bond acceptors (Lipinski definition) is 4. The lowest BCUT2D eigenvalue weighted by Gasteiger charge is -2.37. The first-order valence-corrected chi connectivity index (χ1v) is 12.8. The minimum atomic E-state index is -0.987. The molecular weight excluding hydrogens is 438 g/mol. The third-order valence-corrected chi connectivity index (χ3v) is 8.55. The van der Waals surface area contributed by atoms with Crippen LogP contribution in [0.2, 0.25) is 0 Å². The van der Waals surface area contributed by atoms with E-state index < -0.39 is 12.0 Å². The molecule has 1 saturated heterocycles. The summed E-state index contributed by atoms with van der Waals surface area (Å²) >= 11 is 0. The van der Waals surface area contributed by atoms with Crippen LogP contribution in [0.3, 0.4) is 0 Å². The Morgan fingerprint density at radius 2 is 1.60 bits per heavy atom. The number of ether oxygens (including phenoxy) is 1. The topological polar surface area (TPSA) is 63.7 Å². The molecule has 0 spiro atoms. The van der Waals surface area contributed by atoms with Crippen molar-refractivity contribution in [2.24, 2.45) is 35.5 Å². The number of hydrogen-bond donors (Lipinski definition) is 0. The summed E-state index contributed by atoms with van der Waals surface area (Å²) in [5.41, 5.74) is 2.80. The second-order valence-electron chi connectivity index (χ2n) is 11.0. The average molecular weight is 470 g/mol. The molecule has 0 N–H and O–H groups in total. The van der Waals surface area contributed by atoms with Crippen molar-refractivity contribution in [1.82, 2.24) is 4.90 Å². The van der Waals surface area contributed by atoms with E-state index in [4.69, 9.17) is 4.74 Å². The minimum Gasteiger partial charge on any atom is -0.425 e. The zero-order chi connectivity index (χ0) is 24.4. The van der Waals surface area contributed by atoms with E-state index in [0.717, 1.165) is 23.1 Å². The third-order valence-electron chi connectivity index (χ3n) is 8.55. The van der Waals surface area contributed by atoms with Crippen LogP contribution in [0.1, 0.15) is 42.9 Å². The van der Waals surface area contributed by atoms with Crippen molar-refractivity contribution in [2.45, 2.75) is 45.6 Å². The van der Waals surface area contributed by atoms with Crippen molar-refractivity contribution in [2.75, 3.05) is 0 Å². The van der Waals surface area contributed by atoms with Gasteiger partial charge in [-0.3, -0.25) is 14.5 Å². The molecule has 3 fully saturated rings. The Bertz CT molecular complexity index is 1200. The summed E-state index contributed by atoms with van der Waals surface area (Å²) in [7, 11) is 0. The van der Waals surface area contributed by atoms with E-state index in [-0.39, 0.29) is 47.8 Å². The number of aryl methyl sites for hydroxylation is 1. The van der Waals surface area contributed by atoms with Crippen molar-refractivity contribution in [3.8, 4) is 5.75 Å². The van der Waals surface area contributed by atoms with Gasteiger partial charge in [0.05, 0.1) is 11.8 Å². The molecule has 1 aliphatic heterocycles. The second kappa shape index (κ2) is 8.18. The number of likely N-dealkylation sites (tertiary alicyclic amines) is 1. The second-order valence-corrected chi connectivity index (χ2v) is 11.0. The minimum absolute atomic E-state index is 0.120. The molecule has 0 radical (unpaired) electrons. The van der Waals surface area contributed by atoms with E-state index in [1.54, 1.807) is 0 Å². The summed E-state index contributed by atoms with van der Waals surface area (Å²) in [5.74, 6) is 0.323. The van der Waals surface area contributed by atoms with Crippen molar-refractivity contribution in [3.05, 3.63) is 77.4 Å². The lowest BCUT2D eigenvalue weighted by Crippen LogP contribution is -2.48. The summed E-state index contributed by atoms with van der Waals surface area (Å²) in [6.45, 7) is 6.06. The Hall–Kier alpha value is -3.21. The lowest BCUT2D eigenvalue weighted by molar-refractivity contribution is -0.153.